The van der Waals surface area contributed by atoms with E-state index in [9.17, 15) is 9.90 Å². The van der Waals surface area contributed by atoms with Gasteiger partial charge in [0.2, 0.25) is 0 Å². The van der Waals surface area contributed by atoms with Crippen LogP contribution in [0.15, 0.2) is 24.3 Å². The van der Waals surface area contributed by atoms with E-state index in [4.69, 9.17) is 9.47 Å². The van der Waals surface area contributed by atoms with Crippen molar-refractivity contribution in [3.05, 3.63) is 29.8 Å². The number of carbonyl (C=O) groups is 1. The number of carboxylic acids is 1. The molecule has 1 spiro atoms. The molecule has 1 saturated carbocycles. The molecule has 1 N–H and O–H groups in total. The zero-order valence-electron chi connectivity index (χ0n) is 14.5. The summed E-state index contributed by atoms with van der Waals surface area (Å²) in [5, 5.41) is 9.89. The SMILES string of the molecule is COc1cccc(C(C(=O)O)N2CC(C)OC3(CCCCC3)C2)c1. The number of hydrogen-bond donors (Lipinski definition) is 1. The zero-order valence-corrected chi connectivity index (χ0v) is 14.5. The van der Waals surface area contributed by atoms with Crippen LogP contribution in [0.3, 0.4) is 0 Å². The number of methoxy groups -OCH3 is 1. The molecule has 2 aliphatic rings. The maximum absolute atomic E-state index is 12.1. The average Bonchev–Trinajstić information content (AvgIpc) is 2.55. The van der Waals surface area contributed by atoms with Crippen molar-refractivity contribution in [2.45, 2.75) is 56.8 Å². The van der Waals surface area contributed by atoms with Gasteiger partial charge >= 0.3 is 5.97 Å². The Morgan fingerprint density at radius 3 is 2.79 bits per heavy atom. The maximum atomic E-state index is 12.1. The van der Waals surface area contributed by atoms with Gasteiger partial charge in [-0.05, 0) is 37.5 Å². The molecule has 1 aromatic rings. The lowest BCUT2D eigenvalue weighted by Crippen LogP contribution is -2.57. The summed E-state index contributed by atoms with van der Waals surface area (Å²) in [5.41, 5.74) is 0.588. The van der Waals surface area contributed by atoms with Crippen LogP contribution in [-0.4, -0.2) is 47.9 Å². The average molecular weight is 333 g/mol. The van der Waals surface area contributed by atoms with Gasteiger partial charge in [-0.1, -0.05) is 31.4 Å². The highest BCUT2D eigenvalue weighted by Gasteiger charge is 2.43. The predicted octanol–water partition coefficient (Wildman–Crippen LogP) is 3.24. The normalized spacial score (nSPS) is 25.3. The van der Waals surface area contributed by atoms with Crippen LogP contribution in [-0.2, 0) is 9.53 Å². The van der Waals surface area contributed by atoms with E-state index in [1.807, 2.05) is 31.2 Å². The van der Waals surface area contributed by atoms with Crippen molar-refractivity contribution in [2.24, 2.45) is 0 Å². The molecule has 0 amide bonds. The Morgan fingerprint density at radius 1 is 1.38 bits per heavy atom. The quantitative estimate of drug-likeness (QED) is 0.916. The van der Waals surface area contributed by atoms with Gasteiger partial charge in [-0.25, -0.2) is 0 Å². The number of ether oxygens (including phenoxy) is 2. The minimum absolute atomic E-state index is 0.0457. The van der Waals surface area contributed by atoms with E-state index < -0.39 is 12.0 Å². The highest BCUT2D eigenvalue weighted by atomic mass is 16.5. The van der Waals surface area contributed by atoms with Gasteiger partial charge in [0.15, 0.2) is 0 Å². The molecule has 5 heteroatoms. The Bertz CT molecular complexity index is 582. The molecule has 3 rings (SSSR count). The Labute approximate surface area is 143 Å². The van der Waals surface area contributed by atoms with Crippen molar-refractivity contribution in [1.29, 1.82) is 0 Å². The minimum Gasteiger partial charge on any atom is -0.497 e. The van der Waals surface area contributed by atoms with Crippen LogP contribution in [0.5, 0.6) is 5.75 Å². The Kier molecular flexibility index (Phi) is 5.11. The number of carboxylic acid groups (broad SMARTS) is 1. The number of nitrogens with zero attached hydrogens (tertiary/aromatic N) is 1. The number of benzene rings is 1. The van der Waals surface area contributed by atoms with E-state index in [1.165, 1.54) is 6.42 Å². The van der Waals surface area contributed by atoms with Gasteiger partial charge in [-0.15, -0.1) is 0 Å². The summed E-state index contributed by atoms with van der Waals surface area (Å²) in [7, 11) is 1.60. The van der Waals surface area contributed by atoms with Gasteiger partial charge < -0.3 is 14.6 Å². The first-order valence-electron chi connectivity index (χ1n) is 8.82. The van der Waals surface area contributed by atoms with Crippen molar-refractivity contribution in [3.63, 3.8) is 0 Å². The Morgan fingerprint density at radius 2 is 2.12 bits per heavy atom. The summed E-state index contributed by atoms with van der Waals surface area (Å²) in [6.07, 6.45) is 5.67. The molecule has 1 saturated heterocycles. The molecule has 0 bridgehead atoms. The first kappa shape index (κ1) is 17.2. The molecule has 132 valence electrons. The summed E-state index contributed by atoms with van der Waals surface area (Å²) in [6, 6.07) is 6.73. The fourth-order valence-corrected chi connectivity index (χ4v) is 4.26. The second kappa shape index (κ2) is 7.11. The van der Waals surface area contributed by atoms with Gasteiger partial charge in [-0.2, -0.15) is 0 Å². The van der Waals surface area contributed by atoms with Crippen LogP contribution in [0.1, 0.15) is 50.6 Å². The fraction of sp³-hybridized carbons (Fsp3) is 0.632. The molecule has 1 aromatic carbocycles. The lowest BCUT2D eigenvalue weighted by atomic mass is 9.82. The number of hydrogen-bond acceptors (Lipinski definition) is 4. The standard InChI is InChI=1S/C19H27NO4/c1-14-12-20(13-19(24-14)9-4-3-5-10-19)17(18(21)22)15-7-6-8-16(11-15)23-2/h6-8,11,14,17H,3-5,9-10,12-13H2,1-2H3,(H,21,22). The summed E-state index contributed by atoms with van der Waals surface area (Å²) in [4.78, 5) is 14.1. The van der Waals surface area contributed by atoms with E-state index in [0.717, 1.165) is 31.2 Å². The zero-order chi connectivity index (χ0) is 17.2. The third-order valence-corrected chi connectivity index (χ3v) is 5.21. The molecule has 24 heavy (non-hydrogen) atoms. The van der Waals surface area contributed by atoms with Gasteiger partial charge in [0.25, 0.3) is 0 Å². The molecule has 0 aromatic heterocycles. The van der Waals surface area contributed by atoms with E-state index in [2.05, 4.69) is 4.90 Å². The number of morpholine rings is 1. The molecule has 2 atom stereocenters. The van der Waals surface area contributed by atoms with Crippen LogP contribution in [0.25, 0.3) is 0 Å². The topological polar surface area (TPSA) is 59.0 Å². The Balaban J connectivity index is 1.88. The molecule has 1 heterocycles. The van der Waals surface area contributed by atoms with E-state index in [0.29, 0.717) is 18.8 Å². The summed E-state index contributed by atoms with van der Waals surface area (Å²) >= 11 is 0. The van der Waals surface area contributed by atoms with Crippen LogP contribution >= 0.6 is 0 Å². The smallest absolute Gasteiger partial charge is 0.325 e. The van der Waals surface area contributed by atoms with Crippen LogP contribution in [0.2, 0.25) is 0 Å². The third kappa shape index (κ3) is 3.57. The first-order chi connectivity index (χ1) is 11.5. The molecule has 0 radical (unpaired) electrons. The van der Waals surface area contributed by atoms with Crippen LogP contribution < -0.4 is 4.74 Å². The predicted molar refractivity (Wildman–Crippen MR) is 91.3 cm³/mol. The van der Waals surface area contributed by atoms with Crippen molar-refractivity contribution in [3.8, 4) is 5.75 Å². The monoisotopic (exact) mass is 333 g/mol. The third-order valence-electron chi connectivity index (χ3n) is 5.21. The molecular weight excluding hydrogens is 306 g/mol. The molecule has 1 aliphatic heterocycles. The van der Waals surface area contributed by atoms with Crippen LogP contribution in [0.4, 0.5) is 0 Å². The lowest BCUT2D eigenvalue weighted by Gasteiger charge is -2.49. The molecule has 1 aliphatic carbocycles. The molecular formula is C19H27NO4. The van der Waals surface area contributed by atoms with Crippen molar-refractivity contribution in [2.75, 3.05) is 20.2 Å². The maximum Gasteiger partial charge on any atom is 0.325 e. The van der Waals surface area contributed by atoms with Crippen molar-refractivity contribution < 1.29 is 19.4 Å². The van der Waals surface area contributed by atoms with Crippen molar-refractivity contribution in [1.82, 2.24) is 4.90 Å². The van der Waals surface area contributed by atoms with E-state index in [1.54, 1.807) is 7.11 Å². The second-order valence-electron chi connectivity index (χ2n) is 7.12. The van der Waals surface area contributed by atoms with E-state index >= 15 is 0 Å². The van der Waals surface area contributed by atoms with Crippen LogP contribution in [0, 0.1) is 0 Å². The van der Waals surface area contributed by atoms with Gasteiger partial charge in [0.05, 0.1) is 18.8 Å². The summed E-state index contributed by atoms with van der Waals surface area (Å²) < 4.78 is 11.6. The molecule has 5 nitrogen and oxygen atoms in total. The van der Waals surface area contributed by atoms with Gasteiger partial charge in [0, 0.05) is 13.1 Å². The second-order valence-corrected chi connectivity index (χ2v) is 7.12. The summed E-state index contributed by atoms with van der Waals surface area (Å²) in [6.45, 7) is 3.37. The fourth-order valence-electron chi connectivity index (χ4n) is 4.26. The number of aliphatic carboxylic acids is 1. The van der Waals surface area contributed by atoms with E-state index in [-0.39, 0.29) is 11.7 Å². The summed E-state index contributed by atoms with van der Waals surface area (Å²) in [5.74, 6) is -0.129. The van der Waals surface area contributed by atoms with Gasteiger partial charge in [-0.3, -0.25) is 9.69 Å². The first-order valence-corrected chi connectivity index (χ1v) is 8.82. The lowest BCUT2D eigenvalue weighted by molar-refractivity contribution is -0.179. The molecule has 2 unspecified atom stereocenters. The highest BCUT2D eigenvalue weighted by Crippen LogP contribution is 2.39. The Hall–Kier alpha value is -1.59. The number of rotatable bonds is 4. The van der Waals surface area contributed by atoms with Crippen molar-refractivity contribution >= 4 is 5.97 Å². The molecule has 2 fully saturated rings. The van der Waals surface area contributed by atoms with Gasteiger partial charge in [0.1, 0.15) is 11.8 Å². The minimum atomic E-state index is -0.816. The highest BCUT2D eigenvalue weighted by molar-refractivity contribution is 5.75. The largest absolute Gasteiger partial charge is 0.497 e.